The molecule has 0 fully saturated rings. The molecule has 0 aliphatic heterocycles. The number of hydrogen-bond acceptors (Lipinski definition) is 2. The molecule has 2 aromatic rings. The van der Waals surface area contributed by atoms with E-state index in [2.05, 4.69) is 5.32 Å². The molecule has 1 N–H and O–H groups in total. The number of benzene rings is 2. The zero-order valence-corrected chi connectivity index (χ0v) is 17.9. The predicted octanol–water partition coefficient (Wildman–Crippen LogP) is 4.87. The molecule has 2 unspecified atom stereocenters. The van der Waals surface area contributed by atoms with E-state index in [1.54, 1.807) is 25.1 Å². The Balaban J connectivity index is 2.28. The van der Waals surface area contributed by atoms with E-state index in [0.29, 0.717) is 15.6 Å². The fraction of sp³-hybridized carbons (Fsp3) is 0.364. The molecule has 4 nitrogen and oxygen atoms in total. The van der Waals surface area contributed by atoms with Crippen LogP contribution in [0.25, 0.3) is 0 Å². The standard InChI is InChI=1S/C22H26Cl2N2O2/c1-4-15(2)25-22(28)16(3)26(14-18-19(23)11-8-12-20(18)24)21(27)13-17-9-6-5-7-10-17/h5-12,15-16H,4,13-14H2,1-3H3,(H,25,28). The molecule has 0 radical (unpaired) electrons. The average Bonchev–Trinajstić information content (AvgIpc) is 2.67. The summed E-state index contributed by atoms with van der Waals surface area (Å²) in [7, 11) is 0. The minimum absolute atomic E-state index is 0.0323. The maximum absolute atomic E-state index is 13.1. The Morgan fingerprint density at radius 1 is 1.00 bits per heavy atom. The molecule has 0 aliphatic carbocycles. The van der Waals surface area contributed by atoms with E-state index in [1.807, 2.05) is 44.2 Å². The lowest BCUT2D eigenvalue weighted by atomic mass is 10.1. The number of halogens is 2. The average molecular weight is 421 g/mol. The first-order valence-corrected chi connectivity index (χ1v) is 10.2. The van der Waals surface area contributed by atoms with Gasteiger partial charge in [0.2, 0.25) is 11.8 Å². The van der Waals surface area contributed by atoms with Crippen LogP contribution < -0.4 is 5.32 Å². The van der Waals surface area contributed by atoms with Gasteiger partial charge in [0.05, 0.1) is 6.42 Å². The van der Waals surface area contributed by atoms with Gasteiger partial charge in [-0.2, -0.15) is 0 Å². The highest BCUT2D eigenvalue weighted by Gasteiger charge is 2.28. The second-order valence-electron chi connectivity index (χ2n) is 6.88. The van der Waals surface area contributed by atoms with Crippen LogP contribution in [-0.2, 0) is 22.6 Å². The van der Waals surface area contributed by atoms with Gasteiger partial charge < -0.3 is 10.2 Å². The molecule has 2 atom stereocenters. The molecule has 28 heavy (non-hydrogen) atoms. The molecule has 2 amide bonds. The van der Waals surface area contributed by atoms with E-state index < -0.39 is 6.04 Å². The van der Waals surface area contributed by atoms with Crippen LogP contribution in [0.1, 0.15) is 38.3 Å². The Morgan fingerprint density at radius 2 is 1.61 bits per heavy atom. The third-order valence-electron chi connectivity index (χ3n) is 4.76. The van der Waals surface area contributed by atoms with Gasteiger partial charge in [-0.15, -0.1) is 0 Å². The summed E-state index contributed by atoms with van der Waals surface area (Å²) in [5.41, 5.74) is 1.52. The Kier molecular flexibility index (Phi) is 8.34. The fourth-order valence-electron chi connectivity index (χ4n) is 2.77. The molecule has 0 aromatic heterocycles. The van der Waals surface area contributed by atoms with E-state index in [1.165, 1.54) is 4.90 Å². The van der Waals surface area contributed by atoms with Crippen molar-refractivity contribution in [2.24, 2.45) is 0 Å². The van der Waals surface area contributed by atoms with Crippen molar-refractivity contribution < 1.29 is 9.59 Å². The van der Waals surface area contributed by atoms with Gasteiger partial charge in [0, 0.05) is 28.2 Å². The van der Waals surface area contributed by atoms with Crippen LogP contribution in [-0.4, -0.2) is 28.8 Å². The minimum Gasteiger partial charge on any atom is -0.352 e. The predicted molar refractivity (Wildman–Crippen MR) is 115 cm³/mol. The highest BCUT2D eigenvalue weighted by Crippen LogP contribution is 2.27. The summed E-state index contributed by atoms with van der Waals surface area (Å²) in [5, 5.41) is 3.89. The van der Waals surface area contributed by atoms with Crippen molar-refractivity contribution in [1.82, 2.24) is 10.2 Å². The molecule has 0 saturated carbocycles. The maximum Gasteiger partial charge on any atom is 0.242 e. The Labute approximate surface area is 176 Å². The van der Waals surface area contributed by atoms with Gasteiger partial charge in [-0.05, 0) is 38.0 Å². The largest absolute Gasteiger partial charge is 0.352 e. The van der Waals surface area contributed by atoms with E-state index in [-0.39, 0.29) is 30.8 Å². The highest BCUT2D eigenvalue weighted by molar-refractivity contribution is 6.36. The molecule has 0 aliphatic rings. The molecule has 0 heterocycles. The number of carbonyl (C=O) groups is 2. The highest BCUT2D eigenvalue weighted by atomic mass is 35.5. The van der Waals surface area contributed by atoms with Crippen molar-refractivity contribution in [2.45, 2.75) is 52.2 Å². The number of amides is 2. The monoisotopic (exact) mass is 420 g/mol. The molecule has 0 saturated heterocycles. The topological polar surface area (TPSA) is 49.4 Å². The summed E-state index contributed by atoms with van der Waals surface area (Å²) in [6.45, 7) is 5.83. The van der Waals surface area contributed by atoms with Crippen molar-refractivity contribution in [1.29, 1.82) is 0 Å². The molecule has 0 bridgehead atoms. The smallest absolute Gasteiger partial charge is 0.242 e. The zero-order valence-electron chi connectivity index (χ0n) is 16.4. The van der Waals surface area contributed by atoms with E-state index in [0.717, 1.165) is 12.0 Å². The minimum atomic E-state index is -0.655. The van der Waals surface area contributed by atoms with Crippen molar-refractivity contribution in [3.05, 3.63) is 69.7 Å². The lowest BCUT2D eigenvalue weighted by Gasteiger charge is -2.30. The van der Waals surface area contributed by atoms with Gasteiger partial charge >= 0.3 is 0 Å². The van der Waals surface area contributed by atoms with E-state index in [4.69, 9.17) is 23.2 Å². The van der Waals surface area contributed by atoms with Crippen LogP contribution >= 0.6 is 23.2 Å². The molecule has 150 valence electrons. The van der Waals surface area contributed by atoms with Gasteiger partial charge in [-0.1, -0.05) is 66.5 Å². The van der Waals surface area contributed by atoms with Crippen molar-refractivity contribution in [2.75, 3.05) is 0 Å². The van der Waals surface area contributed by atoms with Crippen LogP contribution in [0.4, 0.5) is 0 Å². The molecule has 6 heteroatoms. The second-order valence-corrected chi connectivity index (χ2v) is 7.69. The Bertz CT molecular complexity index is 791. The van der Waals surface area contributed by atoms with Crippen molar-refractivity contribution in [3.8, 4) is 0 Å². The van der Waals surface area contributed by atoms with Gasteiger partial charge in [-0.25, -0.2) is 0 Å². The van der Waals surface area contributed by atoms with Crippen LogP contribution in [0.5, 0.6) is 0 Å². The van der Waals surface area contributed by atoms with Gasteiger partial charge in [0.25, 0.3) is 0 Å². The van der Waals surface area contributed by atoms with Crippen LogP contribution in [0.2, 0.25) is 10.0 Å². The van der Waals surface area contributed by atoms with E-state index in [9.17, 15) is 9.59 Å². The molecular formula is C22H26Cl2N2O2. The third kappa shape index (κ3) is 5.98. The first-order valence-electron chi connectivity index (χ1n) is 9.40. The maximum atomic E-state index is 13.1. The number of rotatable bonds is 8. The summed E-state index contributed by atoms with van der Waals surface area (Å²) in [5.74, 6) is -0.354. The van der Waals surface area contributed by atoms with Gasteiger partial charge in [0.15, 0.2) is 0 Å². The Morgan fingerprint density at radius 3 is 2.18 bits per heavy atom. The summed E-state index contributed by atoms with van der Waals surface area (Å²) >= 11 is 12.6. The molecule has 0 spiro atoms. The third-order valence-corrected chi connectivity index (χ3v) is 5.46. The van der Waals surface area contributed by atoms with Crippen LogP contribution in [0, 0.1) is 0 Å². The van der Waals surface area contributed by atoms with Gasteiger partial charge in [-0.3, -0.25) is 9.59 Å². The Hall–Kier alpha value is -2.04. The van der Waals surface area contributed by atoms with Crippen LogP contribution in [0.15, 0.2) is 48.5 Å². The summed E-state index contributed by atoms with van der Waals surface area (Å²) < 4.78 is 0. The number of carbonyl (C=O) groups excluding carboxylic acids is 2. The van der Waals surface area contributed by atoms with E-state index >= 15 is 0 Å². The van der Waals surface area contributed by atoms with Crippen molar-refractivity contribution in [3.63, 3.8) is 0 Å². The SMILES string of the molecule is CCC(C)NC(=O)C(C)N(Cc1c(Cl)cccc1Cl)C(=O)Cc1ccccc1. The normalized spacial score (nSPS) is 12.9. The van der Waals surface area contributed by atoms with Gasteiger partial charge in [0.1, 0.15) is 6.04 Å². The first kappa shape index (κ1) is 22.3. The zero-order chi connectivity index (χ0) is 20.7. The second kappa shape index (κ2) is 10.5. The van der Waals surface area contributed by atoms with Crippen LogP contribution in [0.3, 0.4) is 0 Å². The first-order chi connectivity index (χ1) is 13.3. The lowest BCUT2D eigenvalue weighted by molar-refractivity contribution is -0.140. The summed E-state index contributed by atoms with van der Waals surface area (Å²) in [6.07, 6.45) is 1.01. The number of nitrogens with one attached hydrogen (secondary N) is 1. The summed E-state index contributed by atoms with van der Waals surface area (Å²) in [6, 6.07) is 14.0. The number of nitrogens with zero attached hydrogens (tertiary/aromatic N) is 1. The number of hydrogen-bond donors (Lipinski definition) is 1. The quantitative estimate of drug-likeness (QED) is 0.661. The molecule has 2 aromatic carbocycles. The molecular weight excluding hydrogens is 395 g/mol. The fourth-order valence-corrected chi connectivity index (χ4v) is 3.29. The lowest BCUT2D eigenvalue weighted by Crippen LogP contribution is -2.50. The molecule has 2 rings (SSSR count). The van der Waals surface area contributed by atoms with Crippen molar-refractivity contribution >= 4 is 35.0 Å². The summed E-state index contributed by atoms with van der Waals surface area (Å²) in [4.78, 5) is 27.3.